The number of benzene rings is 1. The number of aromatic hydroxyl groups is 1. The predicted octanol–water partition coefficient (Wildman–Crippen LogP) is -0.0297. The third-order valence-corrected chi connectivity index (χ3v) is 2.20. The lowest BCUT2D eigenvalue weighted by Crippen LogP contribution is -2.25. The Kier molecular flexibility index (Phi) is 3.87. The summed E-state index contributed by atoms with van der Waals surface area (Å²) in [6.07, 6.45) is -2.83. The molecule has 0 bridgehead atoms. The zero-order valence-corrected chi connectivity index (χ0v) is 8.92. The smallest absolute Gasteiger partial charge is 0.220 e. The van der Waals surface area contributed by atoms with E-state index in [1.807, 2.05) is 0 Å². The Bertz CT molecular complexity index is 371. The molecule has 0 spiro atoms. The monoisotopic (exact) mass is 225 g/mol. The number of hydrogen-bond donors (Lipinski definition) is 4. The molecule has 1 aromatic rings. The normalized spacial score (nSPS) is 14.4. The SMILES string of the molecule is Cc1cc(O)cc(C(O)C(O)CC(N)=O)c1. The second-order valence-corrected chi connectivity index (χ2v) is 3.78. The van der Waals surface area contributed by atoms with Crippen LogP contribution in [0.5, 0.6) is 5.75 Å². The van der Waals surface area contributed by atoms with Gasteiger partial charge in [0.1, 0.15) is 11.9 Å². The molecule has 2 atom stereocenters. The summed E-state index contributed by atoms with van der Waals surface area (Å²) in [6, 6.07) is 4.48. The van der Waals surface area contributed by atoms with Crippen LogP contribution in [0.3, 0.4) is 0 Å². The van der Waals surface area contributed by atoms with Gasteiger partial charge in [-0.2, -0.15) is 0 Å². The maximum atomic E-state index is 10.6. The predicted molar refractivity (Wildman–Crippen MR) is 57.6 cm³/mol. The van der Waals surface area contributed by atoms with Gasteiger partial charge in [-0.1, -0.05) is 6.07 Å². The van der Waals surface area contributed by atoms with Crippen LogP contribution in [0.4, 0.5) is 0 Å². The number of carbonyl (C=O) groups is 1. The minimum absolute atomic E-state index is 0.000301. The highest BCUT2D eigenvalue weighted by atomic mass is 16.3. The molecule has 16 heavy (non-hydrogen) atoms. The summed E-state index contributed by atoms with van der Waals surface area (Å²) in [6.45, 7) is 1.75. The summed E-state index contributed by atoms with van der Waals surface area (Å²) in [5, 5.41) is 28.5. The van der Waals surface area contributed by atoms with E-state index in [2.05, 4.69) is 0 Å². The highest BCUT2D eigenvalue weighted by Crippen LogP contribution is 2.24. The number of hydrogen-bond acceptors (Lipinski definition) is 4. The van der Waals surface area contributed by atoms with Crippen molar-refractivity contribution in [3.05, 3.63) is 29.3 Å². The first-order chi connectivity index (χ1) is 7.40. The highest BCUT2D eigenvalue weighted by molar-refractivity contribution is 5.74. The first-order valence-corrected chi connectivity index (χ1v) is 4.85. The van der Waals surface area contributed by atoms with Crippen LogP contribution in [0.1, 0.15) is 23.7 Å². The van der Waals surface area contributed by atoms with E-state index in [9.17, 15) is 20.1 Å². The topological polar surface area (TPSA) is 104 Å². The number of aliphatic hydroxyl groups is 2. The molecule has 0 heterocycles. The first kappa shape index (κ1) is 12.5. The van der Waals surface area contributed by atoms with E-state index in [0.717, 1.165) is 5.56 Å². The molecule has 0 aliphatic heterocycles. The summed E-state index contributed by atoms with van der Waals surface area (Å²) in [7, 11) is 0. The minimum Gasteiger partial charge on any atom is -0.508 e. The standard InChI is InChI=1S/C11H15NO4/c1-6-2-7(4-8(13)3-6)11(16)9(14)5-10(12)15/h2-4,9,11,13-14,16H,5H2,1H3,(H2,12,15). The molecule has 1 rings (SSSR count). The van der Waals surface area contributed by atoms with Gasteiger partial charge in [-0.3, -0.25) is 4.79 Å². The molecule has 0 aliphatic rings. The number of nitrogens with two attached hydrogens (primary N) is 1. The van der Waals surface area contributed by atoms with Crippen molar-refractivity contribution in [3.8, 4) is 5.75 Å². The maximum absolute atomic E-state index is 10.6. The molecule has 0 saturated carbocycles. The Balaban J connectivity index is 2.86. The first-order valence-electron chi connectivity index (χ1n) is 4.85. The molecule has 5 heteroatoms. The Morgan fingerprint density at radius 1 is 1.38 bits per heavy atom. The molecule has 0 radical (unpaired) electrons. The third kappa shape index (κ3) is 3.22. The Morgan fingerprint density at radius 3 is 2.50 bits per heavy atom. The van der Waals surface area contributed by atoms with Crippen molar-refractivity contribution < 1.29 is 20.1 Å². The van der Waals surface area contributed by atoms with Gasteiger partial charge in [0.05, 0.1) is 12.5 Å². The van der Waals surface area contributed by atoms with Crippen LogP contribution in [0.2, 0.25) is 0 Å². The van der Waals surface area contributed by atoms with Crippen molar-refractivity contribution in [2.24, 2.45) is 5.73 Å². The minimum atomic E-state index is -1.27. The van der Waals surface area contributed by atoms with Gasteiger partial charge in [-0.15, -0.1) is 0 Å². The second kappa shape index (κ2) is 4.96. The van der Waals surface area contributed by atoms with Crippen molar-refractivity contribution in [1.29, 1.82) is 0 Å². The largest absolute Gasteiger partial charge is 0.508 e. The summed E-state index contributed by atoms with van der Waals surface area (Å²) in [4.78, 5) is 10.6. The number of rotatable bonds is 4. The van der Waals surface area contributed by atoms with E-state index >= 15 is 0 Å². The van der Waals surface area contributed by atoms with E-state index in [1.165, 1.54) is 12.1 Å². The van der Waals surface area contributed by atoms with E-state index in [4.69, 9.17) is 5.73 Å². The van der Waals surface area contributed by atoms with Crippen LogP contribution < -0.4 is 5.73 Å². The number of aliphatic hydroxyl groups excluding tert-OH is 2. The van der Waals surface area contributed by atoms with Crippen molar-refractivity contribution in [2.45, 2.75) is 25.6 Å². The van der Waals surface area contributed by atoms with Gasteiger partial charge in [0, 0.05) is 0 Å². The lowest BCUT2D eigenvalue weighted by molar-refractivity contribution is -0.121. The molecular formula is C11H15NO4. The summed E-state index contributed by atoms with van der Waals surface area (Å²) >= 11 is 0. The molecule has 88 valence electrons. The Labute approximate surface area is 93.1 Å². The van der Waals surface area contributed by atoms with Gasteiger partial charge in [0.25, 0.3) is 0 Å². The zero-order chi connectivity index (χ0) is 12.3. The van der Waals surface area contributed by atoms with E-state index in [1.54, 1.807) is 13.0 Å². The molecule has 2 unspecified atom stereocenters. The number of carbonyl (C=O) groups excluding carboxylic acids is 1. The number of aryl methyl sites for hydroxylation is 1. The van der Waals surface area contributed by atoms with Crippen LogP contribution in [-0.2, 0) is 4.79 Å². The number of phenolic OH excluding ortho intramolecular Hbond substituents is 1. The third-order valence-electron chi connectivity index (χ3n) is 2.20. The Hall–Kier alpha value is -1.59. The van der Waals surface area contributed by atoms with Gasteiger partial charge in [0.15, 0.2) is 0 Å². The van der Waals surface area contributed by atoms with E-state index in [-0.39, 0.29) is 12.2 Å². The lowest BCUT2D eigenvalue weighted by Gasteiger charge is -2.17. The molecular weight excluding hydrogens is 210 g/mol. The van der Waals surface area contributed by atoms with Crippen LogP contribution in [0.25, 0.3) is 0 Å². The van der Waals surface area contributed by atoms with Crippen molar-refractivity contribution in [1.82, 2.24) is 0 Å². The van der Waals surface area contributed by atoms with Crippen LogP contribution in [0.15, 0.2) is 18.2 Å². The molecule has 0 fully saturated rings. The van der Waals surface area contributed by atoms with Crippen molar-refractivity contribution >= 4 is 5.91 Å². The quantitative estimate of drug-likeness (QED) is 0.577. The fourth-order valence-electron chi connectivity index (χ4n) is 1.50. The van der Waals surface area contributed by atoms with Crippen molar-refractivity contribution in [3.63, 3.8) is 0 Å². The fraction of sp³-hybridized carbons (Fsp3) is 0.364. The number of phenols is 1. The maximum Gasteiger partial charge on any atom is 0.220 e. The van der Waals surface area contributed by atoms with Crippen LogP contribution >= 0.6 is 0 Å². The number of amides is 1. The number of primary amides is 1. The molecule has 0 aromatic heterocycles. The molecule has 1 aromatic carbocycles. The molecule has 0 saturated heterocycles. The van der Waals surface area contributed by atoms with Gasteiger partial charge in [0.2, 0.25) is 5.91 Å². The zero-order valence-electron chi connectivity index (χ0n) is 8.92. The molecule has 5 nitrogen and oxygen atoms in total. The molecule has 5 N–H and O–H groups in total. The lowest BCUT2D eigenvalue weighted by atomic mass is 10.00. The highest BCUT2D eigenvalue weighted by Gasteiger charge is 2.20. The van der Waals surface area contributed by atoms with E-state index in [0.29, 0.717) is 5.56 Å². The average molecular weight is 225 g/mol. The second-order valence-electron chi connectivity index (χ2n) is 3.78. The summed E-state index contributed by atoms with van der Waals surface area (Å²) < 4.78 is 0. The van der Waals surface area contributed by atoms with Crippen LogP contribution in [0, 0.1) is 6.92 Å². The summed E-state index contributed by atoms with van der Waals surface area (Å²) in [5.74, 6) is -0.691. The fourth-order valence-corrected chi connectivity index (χ4v) is 1.50. The molecule has 1 amide bonds. The average Bonchev–Trinajstić information content (AvgIpc) is 2.13. The summed E-state index contributed by atoms with van der Waals surface area (Å²) in [5.41, 5.74) is 6.01. The van der Waals surface area contributed by atoms with Crippen LogP contribution in [-0.4, -0.2) is 27.3 Å². The van der Waals surface area contributed by atoms with E-state index < -0.39 is 18.1 Å². The van der Waals surface area contributed by atoms with Gasteiger partial charge < -0.3 is 21.1 Å². The van der Waals surface area contributed by atoms with Gasteiger partial charge in [-0.25, -0.2) is 0 Å². The Morgan fingerprint density at radius 2 is 2.00 bits per heavy atom. The molecule has 0 aliphatic carbocycles. The van der Waals surface area contributed by atoms with Crippen molar-refractivity contribution in [2.75, 3.05) is 0 Å². The van der Waals surface area contributed by atoms with Gasteiger partial charge in [-0.05, 0) is 30.2 Å². The van der Waals surface area contributed by atoms with Gasteiger partial charge >= 0.3 is 0 Å².